The van der Waals surface area contributed by atoms with Gasteiger partial charge in [0.1, 0.15) is 0 Å². The minimum absolute atomic E-state index is 0.235. The molecule has 4 nitrogen and oxygen atoms in total. The topological polar surface area (TPSA) is 63.4 Å². The molecule has 2 rings (SSSR count). The van der Waals surface area contributed by atoms with Gasteiger partial charge in [-0.2, -0.15) is 4.31 Å². The van der Waals surface area contributed by atoms with Crippen LogP contribution >= 0.6 is 11.6 Å². The third-order valence-electron chi connectivity index (χ3n) is 3.62. The molecule has 1 fully saturated rings. The van der Waals surface area contributed by atoms with Gasteiger partial charge in [0.25, 0.3) is 0 Å². The van der Waals surface area contributed by atoms with Crippen molar-refractivity contribution in [1.82, 2.24) is 4.31 Å². The lowest BCUT2D eigenvalue weighted by molar-refractivity contribution is 0.288. The number of benzene rings is 1. The maximum atomic E-state index is 12.5. The van der Waals surface area contributed by atoms with Crippen molar-refractivity contribution < 1.29 is 8.42 Å². The summed E-state index contributed by atoms with van der Waals surface area (Å²) in [6.07, 6.45) is 1.83. The van der Waals surface area contributed by atoms with Gasteiger partial charge in [0, 0.05) is 24.7 Å². The summed E-state index contributed by atoms with van der Waals surface area (Å²) in [5.41, 5.74) is 6.23. The van der Waals surface area contributed by atoms with Gasteiger partial charge in [-0.25, -0.2) is 8.42 Å². The Morgan fingerprint density at radius 3 is 2.58 bits per heavy atom. The maximum Gasteiger partial charge on any atom is 0.243 e. The molecule has 1 heterocycles. The molecule has 1 aromatic carbocycles. The Kier molecular flexibility index (Phi) is 4.50. The third kappa shape index (κ3) is 3.11. The lowest BCUT2D eigenvalue weighted by Crippen LogP contribution is -2.37. The molecule has 0 atom stereocenters. The summed E-state index contributed by atoms with van der Waals surface area (Å²) < 4.78 is 26.6. The van der Waals surface area contributed by atoms with E-state index in [-0.39, 0.29) is 11.4 Å². The van der Waals surface area contributed by atoms with Crippen LogP contribution in [0.15, 0.2) is 23.1 Å². The lowest BCUT2D eigenvalue weighted by Gasteiger charge is -2.29. The number of sulfonamides is 1. The van der Waals surface area contributed by atoms with E-state index in [0.717, 1.165) is 12.8 Å². The van der Waals surface area contributed by atoms with E-state index in [9.17, 15) is 8.42 Å². The van der Waals surface area contributed by atoms with E-state index in [1.807, 2.05) is 0 Å². The van der Waals surface area contributed by atoms with Gasteiger partial charge in [-0.05, 0) is 42.5 Å². The molecule has 0 amide bonds. The summed E-state index contributed by atoms with van der Waals surface area (Å²) >= 11 is 5.96. The van der Waals surface area contributed by atoms with E-state index >= 15 is 0 Å². The molecule has 1 aromatic rings. The molecule has 19 heavy (non-hydrogen) atoms. The number of halogens is 1. The molecule has 0 unspecified atom stereocenters. The van der Waals surface area contributed by atoms with Crippen molar-refractivity contribution in [3.63, 3.8) is 0 Å². The van der Waals surface area contributed by atoms with Gasteiger partial charge in [0.15, 0.2) is 0 Å². The first-order chi connectivity index (χ1) is 8.95. The van der Waals surface area contributed by atoms with Crippen molar-refractivity contribution in [3.8, 4) is 0 Å². The standard InChI is InChI=1S/C13H19ClN2O2S/c1-10-4-6-16(7-5-10)19(17,18)12-2-3-13(14)11(8-12)9-15/h2-3,8,10H,4-7,9,15H2,1H3. The van der Waals surface area contributed by atoms with Crippen molar-refractivity contribution in [3.05, 3.63) is 28.8 Å². The number of nitrogens with two attached hydrogens (primary N) is 1. The second kappa shape index (κ2) is 5.79. The highest BCUT2D eigenvalue weighted by Gasteiger charge is 2.28. The average molecular weight is 303 g/mol. The zero-order chi connectivity index (χ0) is 14.0. The van der Waals surface area contributed by atoms with Crippen molar-refractivity contribution in [2.24, 2.45) is 11.7 Å². The highest BCUT2D eigenvalue weighted by Crippen LogP contribution is 2.26. The molecule has 1 saturated heterocycles. The van der Waals surface area contributed by atoms with E-state index in [4.69, 9.17) is 17.3 Å². The van der Waals surface area contributed by atoms with Gasteiger partial charge in [-0.15, -0.1) is 0 Å². The number of hydrogen-bond donors (Lipinski definition) is 1. The average Bonchev–Trinajstić information content (AvgIpc) is 2.39. The Balaban J connectivity index is 2.29. The van der Waals surface area contributed by atoms with E-state index in [2.05, 4.69) is 6.92 Å². The first kappa shape index (κ1) is 14.8. The fourth-order valence-electron chi connectivity index (χ4n) is 2.24. The third-order valence-corrected chi connectivity index (χ3v) is 5.88. The molecule has 2 N–H and O–H groups in total. The zero-order valence-corrected chi connectivity index (χ0v) is 12.5. The largest absolute Gasteiger partial charge is 0.326 e. The molecule has 0 radical (unpaired) electrons. The van der Waals surface area contributed by atoms with Gasteiger partial charge in [0.2, 0.25) is 10.0 Å². The van der Waals surface area contributed by atoms with Crippen molar-refractivity contribution in [2.75, 3.05) is 13.1 Å². The summed E-state index contributed by atoms with van der Waals surface area (Å²) in [6.45, 7) is 3.56. The molecule has 1 aliphatic heterocycles. The van der Waals surface area contributed by atoms with Gasteiger partial charge in [-0.3, -0.25) is 0 Å². The summed E-state index contributed by atoms with van der Waals surface area (Å²) in [5, 5.41) is 0.508. The van der Waals surface area contributed by atoms with E-state index in [1.54, 1.807) is 22.5 Å². The minimum atomic E-state index is -3.42. The molecule has 0 bridgehead atoms. The summed E-state index contributed by atoms with van der Waals surface area (Å²) in [7, 11) is -3.42. The van der Waals surface area contributed by atoms with Crippen LogP contribution in [0.3, 0.4) is 0 Å². The quantitative estimate of drug-likeness (QED) is 0.931. The van der Waals surface area contributed by atoms with Crippen LogP contribution in [-0.4, -0.2) is 25.8 Å². The highest BCUT2D eigenvalue weighted by atomic mass is 35.5. The number of piperidine rings is 1. The molecule has 106 valence electrons. The van der Waals surface area contributed by atoms with Crippen LogP contribution in [0.25, 0.3) is 0 Å². The van der Waals surface area contributed by atoms with Crippen LogP contribution in [0, 0.1) is 5.92 Å². The Labute approximate surface area is 119 Å². The lowest BCUT2D eigenvalue weighted by atomic mass is 10.0. The predicted molar refractivity (Wildman–Crippen MR) is 76.5 cm³/mol. The Hall–Kier alpha value is -0.620. The van der Waals surface area contributed by atoms with Gasteiger partial charge < -0.3 is 5.73 Å². The molecule has 0 saturated carbocycles. The summed E-state index contributed by atoms with van der Waals surface area (Å²) in [4.78, 5) is 0.284. The summed E-state index contributed by atoms with van der Waals surface area (Å²) in [5.74, 6) is 0.594. The van der Waals surface area contributed by atoms with Crippen LogP contribution in [-0.2, 0) is 16.6 Å². The smallest absolute Gasteiger partial charge is 0.243 e. The van der Waals surface area contributed by atoms with E-state index in [1.165, 1.54) is 0 Å². The zero-order valence-electron chi connectivity index (χ0n) is 11.0. The number of hydrogen-bond acceptors (Lipinski definition) is 3. The van der Waals surface area contributed by atoms with Crippen LogP contribution < -0.4 is 5.73 Å². The maximum absolute atomic E-state index is 12.5. The Morgan fingerprint density at radius 1 is 1.37 bits per heavy atom. The molecule has 1 aliphatic rings. The molecule has 0 spiro atoms. The Morgan fingerprint density at radius 2 is 2.00 bits per heavy atom. The number of nitrogens with zero attached hydrogens (tertiary/aromatic N) is 1. The van der Waals surface area contributed by atoms with Crippen molar-refractivity contribution in [2.45, 2.75) is 31.2 Å². The predicted octanol–water partition coefficient (Wildman–Crippen LogP) is 2.22. The first-order valence-corrected chi connectivity index (χ1v) is 8.25. The van der Waals surface area contributed by atoms with Crippen LogP contribution in [0.5, 0.6) is 0 Å². The van der Waals surface area contributed by atoms with Gasteiger partial charge in [0.05, 0.1) is 4.90 Å². The van der Waals surface area contributed by atoms with E-state index in [0.29, 0.717) is 29.6 Å². The Bertz CT molecular complexity index is 552. The molecule has 0 aromatic heterocycles. The summed E-state index contributed by atoms with van der Waals surface area (Å²) in [6, 6.07) is 4.73. The second-order valence-electron chi connectivity index (χ2n) is 5.04. The first-order valence-electron chi connectivity index (χ1n) is 6.44. The van der Waals surface area contributed by atoms with Crippen LogP contribution in [0.4, 0.5) is 0 Å². The number of rotatable bonds is 3. The van der Waals surface area contributed by atoms with Crippen LogP contribution in [0.2, 0.25) is 5.02 Å². The molecular weight excluding hydrogens is 284 g/mol. The normalized spacial score (nSPS) is 18.7. The minimum Gasteiger partial charge on any atom is -0.326 e. The monoisotopic (exact) mass is 302 g/mol. The SMILES string of the molecule is CC1CCN(S(=O)(=O)c2ccc(Cl)c(CN)c2)CC1. The van der Waals surface area contributed by atoms with Crippen LogP contribution in [0.1, 0.15) is 25.3 Å². The van der Waals surface area contributed by atoms with Crippen molar-refractivity contribution in [1.29, 1.82) is 0 Å². The van der Waals surface area contributed by atoms with Gasteiger partial charge >= 0.3 is 0 Å². The fraction of sp³-hybridized carbons (Fsp3) is 0.538. The fourth-order valence-corrected chi connectivity index (χ4v) is 3.96. The highest BCUT2D eigenvalue weighted by molar-refractivity contribution is 7.89. The molecular formula is C13H19ClN2O2S. The van der Waals surface area contributed by atoms with Crippen molar-refractivity contribution >= 4 is 21.6 Å². The molecule has 6 heteroatoms. The second-order valence-corrected chi connectivity index (χ2v) is 7.39. The van der Waals surface area contributed by atoms with Gasteiger partial charge in [-0.1, -0.05) is 18.5 Å². The molecule has 0 aliphatic carbocycles. The van der Waals surface area contributed by atoms with E-state index < -0.39 is 10.0 Å².